The van der Waals surface area contributed by atoms with E-state index in [-0.39, 0.29) is 29.7 Å². The lowest BCUT2D eigenvalue weighted by molar-refractivity contribution is -0.0504. The van der Waals surface area contributed by atoms with Gasteiger partial charge < -0.3 is 20.3 Å². The summed E-state index contributed by atoms with van der Waals surface area (Å²) in [7, 11) is 1.70. The van der Waals surface area contributed by atoms with E-state index in [1.165, 1.54) is 32.0 Å². The highest BCUT2D eigenvalue weighted by atomic mass is 127. The number of likely N-dealkylation sites (tertiary alicyclic amines) is 1. The Morgan fingerprint density at radius 1 is 1.23 bits per heavy atom. The first-order chi connectivity index (χ1) is 12.1. The summed E-state index contributed by atoms with van der Waals surface area (Å²) in [4.78, 5) is 6.68. The van der Waals surface area contributed by atoms with Crippen molar-refractivity contribution in [3.63, 3.8) is 0 Å². The van der Waals surface area contributed by atoms with Gasteiger partial charge in [0.15, 0.2) is 5.96 Å². The lowest BCUT2D eigenvalue weighted by Crippen LogP contribution is -2.41. The van der Waals surface area contributed by atoms with Crippen molar-refractivity contribution in [2.45, 2.75) is 32.9 Å². The molecule has 1 aromatic carbocycles. The quantitative estimate of drug-likeness (QED) is 0.339. The molecule has 1 unspecified atom stereocenters. The minimum Gasteiger partial charge on any atom is -0.434 e. The van der Waals surface area contributed by atoms with Gasteiger partial charge in [0, 0.05) is 32.2 Å². The number of benzene rings is 1. The van der Waals surface area contributed by atoms with Crippen molar-refractivity contribution in [2.24, 2.45) is 10.9 Å². The molecule has 148 valence electrons. The van der Waals surface area contributed by atoms with E-state index in [4.69, 9.17) is 0 Å². The Morgan fingerprint density at radius 3 is 2.58 bits per heavy atom. The fraction of sp³-hybridized carbons (Fsp3) is 0.611. The molecule has 26 heavy (non-hydrogen) atoms. The molecule has 2 N–H and O–H groups in total. The molecule has 0 spiro atoms. The molecule has 0 bridgehead atoms. The molecule has 1 fully saturated rings. The van der Waals surface area contributed by atoms with Gasteiger partial charge in [0.1, 0.15) is 5.75 Å². The molecule has 1 atom stereocenters. The highest BCUT2D eigenvalue weighted by Gasteiger charge is 2.15. The number of halogens is 3. The smallest absolute Gasteiger partial charge is 0.387 e. The molecule has 1 aliphatic heterocycles. The van der Waals surface area contributed by atoms with E-state index in [2.05, 4.69) is 32.2 Å². The van der Waals surface area contributed by atoms with Gasteiger partial charge in [-0.3, -0.25) is 4.99 Å². The van der Waals surface area contributed by atoms with E-state index in [1.807, 2.05) is 0 Å². The van der Waals surface area contributed by atoms with Crippen molar-refractivity contribution in [3.8, 4) is 5.75 Å². The van der Waals surface area contributed by atoms with Crippen LogP contribution in [0.2, 0.25) is 0 Å². The van der Waals surface area contributed by atoms with Gasteiger partial charge in [-0.1, -0.05) is 25.1 Å². The van der Waals surface area contributed by atoms with Crippen molar-refractivity contribution in [2.75, 3.05) is 33.2 Å². The monoisotopic (exact) mass is 482 g/mol. The number of guanidine groups is 1. The van der Waals surface area contributed by atoms with E-state index in [0.29, 0.717) is 24.0 Å². The van der Waals surface area contributed by atoms with Crippen LogP contribution in [0.15, 0.2) is 29.3 Å². The maximum absolute atomic E-state index is 12.5. The van der Waals surface area contributed by atoms with Crippen LogP contribution in [0.4, 0.5) is 8.78 Å². The van der Waals surface area contributed by atoms with Crippen LogP contribution in [0.5, 0.6) is 5.75 Å². The summed E-state index contributed by atoms with van der Waals surface area (Å²) in [5.74, 6) is 1.34. The Balaban J connectivity index is 0.00000338. The standard InChI is InChI=1S/C18H28F2N4O.HI/c1-14(13-24-9-5-6-10-24)11-22-18(21-2)23-12-15-7-3-4-8-16(15)25-17(19)20;/h3-4,7-8,14,17H,5-6,9-13H2,1-2H3,(H2,21,22,23);1H. The summed E-state index contributed by atoms with van der Waals surface area (Å²) in [5.41, 5.74) is 0.663. The summed E-state index contributed by atoms with van der Waals surface area (Å²) >= 11 is 0. The number of alkyl halides is 2. The number of nitrogens with one attached hydrogen (secondary N) is 2. The molecule has 5 nitrogen and oxygen atoms in total. The largest absolute Gasteiger partial charge is 0.434 e. The van der Waals surface area contributed by atoms with Crippen LogP contribution in [0.1, 0.15) is 25.3 Å². The number of nitrogens with zero attached hydrogens (tertiary/aromatic N) is 2. The maximum Gasteiger partial charge on any atom is 0.387 e. The minimum atomic E-state index is -2.83. The van der Waals surface area contributed by atoms with Gasteiger partial charge in [-0.25, -0.2) is 0 Å². The summed E-state index contributed by atoms with van der Waals surface area (Å²) < 4.78 is 29.5. The average Bonchev–Trinajstić information content (AvgIpc) is 3.08. The number of aliphatic imine (C=N–C) groups is 1. The van der Waals surface area contributed by atoms with E-state index in [1.54, 1.807) is 25.2 Å². The van der Waals surface area contributed by atoms with E-state index >= 15 is 0 Å². The van der Waals surface area contributed by atoms with Gasteiger partial charge in [0.2, 0.25) is 0 Å². The average molecular weight is 482 g/mol. The summed E-state index contributed by atoms with van der Waals surface area (Å²) in [6.45, 7) is 4.02. The van der Waals surface area contributed by atoms with Crippen molar-refractivity contribution in [1.29, 1.82) is 0 Å². The second kappa shape index (κ2) is 12.3. The predicted molar refractivity (Wildman–Crippen MR) is 112 cm³/mol. The minimum absolute atomic E-state index is 0. The Labute approximate surface area is 171 Å². The molecule has 0 saturated carbocycles. The second-order valence-corrected chi connectivity index (χ2v) is 6.41. The third kappa shape index (κ3) is 8.03. The number of rotatable bonds is 8. The van der Waals surface area contributed by atoms with Crippen LogP contribution in [0.25, 0.3) is 0 Å². The lowest BCUT2D eigenvalue weighted by atomic mass is 10.1. The molecule has 2 rings (SSSR count). The van der Waals surface area contributed by atoms with Gasteiger partial charge in [-0.15, -0.1) is 24.0 Å². The summed E-state index contributed by atoms with van der Waals surface area (Å²) in [6.07, 6.45) is 2.59. The van der Waals surface area contributed by atoms with Gasteiger partial charge in [-0.05, 0) is 37.9 Å². The summed E-state index contributed by atoms with van der Waals surface area (Å²) in [6, 6.07) is 6.77. The third-order valence-corrected chi connectivity index (χ3v) is 4.25. The molecule has 1 aliphatic rings. The topological polar surface area (TPSA) is 48.9 Å². The number of hydrogen-bond donors (Lipinski definition) is 2. The highest BCUT2D eigenvalue weighted by molar-refractivity contribution is 14.0. The van der Waals surface area contributed by atoms with Crippen LogP contribution in [-0.2, 0) is 6.54 Å². The highest BCUT2D eigenvalue weighted by Crippen LogP contribution is 2.19. The van der Waals surface area contributed by atoms with Crippen molar-refractivity contribution >= 4 is 29.9 Å². The first-order valence-corrected chi connectivity index (χ1v) is 8.78. The lowest BCUT2D eigenvalue weighted by Gasteiger charge is -2.21. The maximum atomic E-state index is 12.5. The van der Waals surface area contributed by atoms with Crippen LogP contribution in [-0.4, -0.2) is 50.7 Å². The Kier molecular flexibility index (Phi) is 10.8. The Bertz CT molecular complexity index is 554. The van der Waals surface area contributed by atoms with Crippen LogP contribution >= 0.6 is 24.0 Å². The van der Waals surface area contributed by atoms with Crippen LogP contribution < -0.4 is 15.4 Å². The number of ether oxygens (including phenoxy) is 1. The van der Waals surface area contributed by atoms with E-state index < -0.39 is 6.61 Å². The van der Waals surface area contributed by atoms with Crippen molar-refractivity contribution in [3.05, 3.63) is 29.8 Å². The Hall–Kier alpha value is -1.16. The van der Waals surface area contributed by atoms with E-state index in [9.17, 15) is 8.78 Å². The molecule has 0 radical (unpaired) electrons. The number of para-hydroxylation sites is 1. The van der Waals surface area contributed by atoms with Crippen molar-refractivity contribution in [1.82, 2.24) is 15.5 Å². The second-order valence-electron chi connectivity index (χ2n) is 6.41. The fourth-order valence-electron chi connectivity index (χ4n) is 3.00. The van der Waals surface area contributed by atoms with Gasteiger partial charge >= 0.3 is 6.61 Å². The normalized spacial score (nSPS) is 16.3. The number of hydrogen-bond acceptors (Lipinski definition) is 3. The zero-order chi connectivity index (χ0) is 18.1. The third-order valence-electron chi connectivity index (χ3n) is 4.25. The zero-order valence-electron chi connectivity index (χ0n) is 15.4. The van der Waals surface area contributed by atoms with Crippen molar-refractivity contribution < 1.29 is 13.5 Å². The molecular formula is C18H29F2IN4O. The van der Waals surface area contributed by atoms with Crippen LogP contribution in [0, 0.1) is 5.92 Å². The van der Waals surface area contributed by atoms with Crippen LogP contribution in [0.3, 0.4) is 0 Å². The zero-order valence-corrected chi connectivity index (χ0v) is 17.7. The molecule has 1 saturated heterocycles. The van der Waals surface area contributed by atoms with Gasteiger partial charge in [-0.2, -0.15) is 8.78 Å². The van der Waals surface area contributed by atoms with E-state index in [0.717, 1.165) is 13.1 Å². The molecule has 0 amide bonds. The fourth-order valence-corrected chi connectivity index (χ4v) is 3.00. The molecule has 0 aromatic heterocycles. The predicted octanol–water partition coefficient (Wildman–Crippen LogP) is 3.30. The SMILES string of the molecule is CN=C(NCc1ccccc1OC(F)F)NCC(C)CN1CCCC1.I. The molecular weight excluding hydrogens is 453 g/mol. The first-order valence-electron chi connectivity index (χ1n) is 8.78. The Morgan fingerprint density at radius 2 is 1.92 bits per heavy atom. The first kappa shape index (κ1) is 22.9. The molecule has 1 heterocycles. The molecule has 8 heteroatoms. The van der Waals surface area contributed by atoms with Gasteiger partial charge in [0.05, 0.1) is 0 Å². The van der Waals surface area contributed by atoms with Gasteiger partial charge in [0.25, 0.3) is 0 Å². The molecule has 0 aliphatic carbocycles. The molecule has 1 aromatic rings. The summed E-state index contributed by atoms with van der Waals surface area (Å²) in [5, 5.41) is 6.45.